The molecular formula is C15H17BNO2. The van der Waals surface area contributed by atoms with Gasteiger partial charge in [0.1, 0.15) is 0 Å². The maximum atomic E-state index is 8.93. The van der Waals surface area contributed by atoms with Crippen molar-refractivity contribution in [3.05, 3.63) is 60.2 Å². The first-order chi connectivity index (χ1) is 9.38. The van der Waals surface area contributed by atoms with Crippen LogP contribution in [0.25, 0.3) is 0 Å². The van der Waals surface area contributed by atoms with Crippen molar-refractivity contribution in [3.63, 3.8) is 0 Å². The standard InChI is InChI=1S/C15H17BNO2/c18-12-13-6-8-14(9-7-13)16-19-11-10-17-15-4-2-1-3-5-15/h1-9,17-18H,10-12H2. The molecule has 3 nitrogen and oxygen atoms in total. The lowest BCUT2D eigenvalue weighted by atomic mass is 9.87. The van der Waals surface area contributed by atoms with Gasteiger partial charge in [0.15, 0.2) is 0 Å². The highest BCUT2D eigenvalue weighted by molar-refractivity contribution is 6.46. The van der Waals surface area contributed by atoms with Crippen molar-refractivity contribution >= 4 is 18.6 Å². The van der Waals surface area contributed by atoms with Crippen LogP contribution in [0.4, 0.5) is 5.69 Å². The molecule has 2 rings (SSSR count). The summed E-state index contributed by atoms with van der Waals surface area (Å²) in [5.74, 6) is 0. The SMILES string of the molecule is OCc1ccc([B]OCCNc2ccccc2)cc1. The van der Waals surface area contributed by atoms with Gasteiger partial charge in [-0.2, -0.15) is 0 Å². The zero-order chi connectivity index (χ0) is 13.3. The first-order valence-electron chi connectivity index (χ1n) is 6.32. The number of para-hydroxylation sites is 1. The average Bonchev–Trinajstić information content (AvgIpc) is 2.49. The maximum absolute atomic E-state index is 8.93. The van der Waals surface area contributed by atoms with Gasteiger partial charge in [-0.15, -0.1) is 0 Å². The van der Waals surface area contributed by atoms with Crippen LogP contribution < -0.4 is 10.8 Å². The van der Waals surface area contributed by atoms with E-state index in [1.807, 2.05) is 54.6 Å². The van der Waals surface area contributed by atoms with E-state index in [4.69, 9.17) is 9.76 Å². The molecule has 0 heterocycles. The lowest BCUT2D eigenvalue weighted by Crippen LogP contribution is -2.20. The Morgan fingerprint density at radius 1 is 1.00 bits per heavy atom. The van der Waals surface area contributed by atoms with Gasteiger partial charge in [-0.1, -0.05) is 47.9 Å². The van der Waals surface area contributed by atoms with Gasteiger partial charge in [-0.25, -0.2) is 0 Å². The molecule has 0 unspecified atom stereocenters. The second-order valence-corrected chi connectivity index (χ2v) is 4.18. The largest absolute Gasteiger partial charge is 0.432 e. The van der Waals surface area contributed by atoms with Crippen LogP contribution >= 0.6 is 0 Å². The first-order valence-corrected chi connectivity index (χ1v) is 6.32. The molecule has 0 aliphatic rings. The average molecular weight is 254 g/mol. The smallest absolute Gasteiger partial charge is 0.330 e. The van der Waals surface area contributed by atoms with Crippen LogP contribution in [-0.4, -0.2) is 25.7 Å². The van der Waals surface area contributed by atoms with E-state index in [9.17, 15) is 0 Å². The molecule has 0 atom stereocenters. The monoisotopic (exact) mass is 254 g/mol. The summed E-state index contributed by atoms with van der Waals surface area (Å²) in [4.78, 5) is 0. The fourth-order valence-corrected chi connectivity index (χ4v) is 1.67. The van der Waals surface area contributed by atoms with Crippen molar-refractivity contribution in [1.82, 2.24) is 0 Å². The second-order valence-electron chi connectivity index (χ2n) is 4.18. The quantitative estimate of drug-likeness (QED) is 0.582. The third kappa shape index (κ3) is 4.77. The molecule has 4 heteroatoms. The lowest BCUT2D eigenvalue weighted by molar-refractivity contribution is 0.282. The van der Waals surface area contributed by atoms with Crippen molar-refractivity contribution in [2.45, 2.75) is 6.61 Å². The number of nitrogens with one attached hydrogen (secondary N) is 1. The summed E-state index contributed by atoms with van der Waals surface area (Å²) >= 11 is 0. The molecule has 2 aromatic rings. The number of anilines is 1. The number of benzene rings is 2. The van der Waals surface area contributed by atoms with E-state index < -0.39 is 0 Å². The van der Waals surface area contributed by atoms with Crippen LogP contribution in [0, 0.1) is 0 Å². The fourth-order valence-electron chi connectivity index (χ4n) is 1.67. The van der Waals surface area contributed by atoms with E-state index in [2.05, 4.69) is 5.32 Å². The summed E-state index contributed by atoms with van der Waals surface area (Å²) in [6.45, 7) is 1.44. The van der Waals surface area contributed by atoms with Gasteiger partial charge in [0.2, 0.25) is 0 Å². The second kappa shape index (κ2) is 7.61. The zero-order valence-electron chi connectivity index (χ0n) is 10.8. The first kappa shape index (κ1) is 13.7. The number of aliphatic hydroxyl groups excluding tert-OH is 1. The molecule has 1 radical (unpaired) electrons. The van der Waals surface area contributed by atoms with Gasteiger partial charge in [0.25, 0.3) is 0 Å². The molecule has 19 heavy (non-hydrogen) atoms. The third-order valence-electron chi connectivity index (χ3n) is 2.70. The number of hydrogen-bond acceptors (Lipinski definition) is 3. The van der Waals surface area contributed by atoms with E-state index in [-0.39, 0.29) is 6.61 Å². The van der Waals surface area contributed by atoms with Gasteiger partial charge >= 0.3 is 7.48 Å². The Morgan fingerprint density at radius 2 is 1.74 bits per heavy atom. The lowest BCUT2D eigenvalue weighted by Gasteiger charge is -2.07. The van der Waals surface area contributed by atoms with Gasteiger partial charge < -0.3 is 15.1 Å². The van der Waals surface area contributed by atoms with Crippen molar-refractivity contribution in [2.75, 3.05) is 18.5 Å². The molecule has 97 valence electrons. The highest BCUT2D eigenvalue weighted by Crippen LogP contribution is 2.03. The summed E-state index contributed by atoms with van der Waals surface area (Å²) in [6, 6.07) is 17.7. The Hall–Kier alpha value is -1.78. The molecule has 2 aromatic carbocycles. The highest BCUT2D eigenvalue weighted by Gasteiger charge is 1.98. The molecular weight excluding hydrogens is 237 g/mol. The van der Waals surface area contributed by atoms with Crippen molar-refractivity contribution in [2.24, 2.45) is 0 Å². The topological polar surface area (TPSA) is 41.5 Å². The van der Waals surface area contributed by atoms with Crippen LogP contribution in [0.2, 0.25) is 0 Å². The fraction of sp³-hybridized carbons (Fsp3) is 0.200. The molecule has 0 aliphatic heterocycles. The Morgan fingerprint density at radius 3 is 2.42 bits per heavy atom. The minimum Gasteiger partial charge on any atom is -0.432 e. The summed E-state index contributed by atoms with van der Waals surface area (Å²) < 4.78 is 5.46. The van der Waals surface area contributed by atoms with Gasteiger partial charge in [0.05, 0.1) is 6.61 Å². The molecule has 2 N–H and O–H groups in total. The molecule has 0 fully saturated rings. The van der Waals surface area contributed by atoms with Crippen molar-refractivity contribution in [1.29, 1.82) is 0 Å². The van der Waals surface area contributed by atoms with E-state index in [0.717, 1.165) is 23.3 Å². The van der Waals surface area contributed by atoms with Crippen LogP contribution in [0.5, 0.6) is 0 Å². The molecule has 0 bridgehead atoms. The number of hydrogen-bond donors (Lipinski definition) is 2. The third-order valence-corrected chi connectivity index (χ3v) is 2.70. The van der Waals surface area contributed by atoms with Crippen LogP contribution in [-0.2, 0) is 11.3 Å². The minimum absolute atomic E-state index is 0.0716. The number of rotatable bonds is 7. The molecule has 0 spiro atoms. The highest BCUT2D eigenvalue weighted by atomic mass is 16.4. The summed E-state index contributed by atoms with van der Waals surface area (Å²) in [6.07, 6.45) is 0. The molecule has 0 aliphatic carbocycles. The predicted octanol–water partition coefficient (Wildman–Crippen LogP) is 1.55. The Labute approximate surface area is 114 Å². The summed E-state index contributed by atoms with van der Waals surface area (Å²) in [7, 11) is 1.73. The van der Waals surface area contributed by atoms with Gasteiger partial charge in [0, 0.05) is 18.8 Å². The normalized spacial score (nSPS) is 10.2. The van der Waals surface area contributed by atoms with E-state index in [1.54, 1.807) is 7.48 Å². The predicted molar refractivity (Wildman–Crippen MR) is 78.6 cm³/mol. The van der Waals surface area contributed by atoms with E-state index in [1.165, 1.54) is 0 Å². The van der Waals surface area contributed by atoms with E-state index >= 15 is 0 Å². The minimum atomic E-state index is 0.0716. The molecule has 0 amide bonds. The maximum Gasteiger partial charge on any atom is 0.330 e. The Kier molecular flexibility index (Phi) is 5.47. The van der Waals surface area contributed by atoms with Crippen molar-refractivity contribution in [3.8, 4) is 0 Å². The zero-order valence-corrected chi connectivity index (χ0v) is 10.8. The van der Waals surface area contributed by atoms with Crippen molar-refractivity contribution < 1.29 is 9.76 Å². The van der Waals surface area contributed by atoms with Crippen LogP contribution in [0.3, 0.4) is 0 Å². The Bertz CT molecular complexity index is 473. The number of aliphatic hydroxyl groups is 1. The van der Waals surface area contributed by atoms with Gasteiger partial charge in [-0.3, -0.25) is 0 Å². The van der Waals surface area contributed by atoms with Gasteiger partial charge in [-0.05, 0) is 17.7 Å². The summed E-state index contributed by atoms with van der Waals surface area (Å²) in [5.41, 5.74) is 3.00. The van der Waals surface area contributed by atoms with Crippen LogP contribution in [0.15, 0.2) is 54.6 Å². The molecule has 0 saturated carbocycles. The molecule has 0 saturated heterocycles. The summed E-state index contributed by atoms with van der Waals surface area (Å²) in [5, 5.41) is 12.2. The Balaban J connectivity index is 1.63. The molecule has 0 aromatic heterocycles. The van der Waals surface area contributed by atoms with Crippen LogP contribution in [0.1, 0.15) is 5.56 Å². The van der Waals surface area contributed by atoms with E-state index in [0.29, 0.717) is 6.61 Å².